The summed E-state index contributed by atoms with van der Waals surface area (Å²) in [5, 5.41) is 4.97. The van der Waals surface area contributed by atoms with Crippen LogP contribution in [0.3, 0.4) is 0 Å². The number of halogens is 1. The Morgan fingerprint density at radius 2 is 1.87 bits per heavy atom. The number of oxazole rings is 1. The number of carbonyl (C=O) groups excluding carboxylic acids is 1. The van der Waals surface area contributed by atoms with Crippen LogP contribution in [0.4, 0.5) is 5.69 Å². The number of aromatic nitrogens is 1. The molecule has 0 radical (unpaired) electrons. The van der Waals surface area contributed by atoms with Gasteiger partial charge in [-0.1, -0.05) is 40.2 Å². The Balaban J connectivity index is 1.45. The first kappa shape index (κ1) is 18.4. The highest BCUT2D eigenvalue weighted by molar-refractivity contribution is 9.10. The maximum Gasteiger partial charge on any atom is 0.248 e. The molecule has 0 spiro atoms. The fourth-order valence-electron chi connectivity index (χ4n) is 3.31. The molecule has 0 aliphatic rings. The highest BCUT2D eigenvalue weighted by Crippen LogP contribution is 2.34. The molecule has 0 saturated carbocycles. The number of fused-ring (bicyclic) bond motifs is 2. The number of amides is 1. The Kier molecular flexibility index (Phi) is 4.69. The number of hydrogen-bond donors (Lipinski definition) is 1. The summed E-state index contributed by atoms with van der Waals surface area (Å²) in [7, 11) is 0. The largest absolute Gasteiger partial charge is 0.465 e. The summed E-state index contributed by atoms with van der Waals surface area (Å²) in [6.45, 7) is 0. The standard InChI is InChI=1S/C24H15BrN2O3/c25-20-8-2-5-17-18(20)6-1-7-19(17)24-27-21-14-15(9-11-22(21)30-24)26-23(28)12-10-16-4-3-13-29-16/h1-14H,(H,26,28)/b12-10+. The van der Waals surface area contributed by atoms with E-state index >= 15 is 0 Å². The normalized spacial score (nSPS) is 11.5. The van der Waals surface area contributed by atoms with Gasteiger partial charge in [-0.2, -0.15) is 0 Å². The Bertz CT molecular complexity index is 1400. The second-order valence-corrected chi connectivity index (χ2v) is 7.53. The minimum Gasteiger partial charge on any atom is -0.465 e. The number of nitrogens with one attached hydrogen (secondary N) is 1. The molecular weight excluding hydrogens is 444 g/mol. The van der Waals surface area contributed by atoms with E-state index in [1.165, 1.54) is 6.08 Å². The van der Waals surface area contributed by atoms with E-state index in [0.717, 1.165) is 20.8 Å². The first-order chi connectivity index (χ1) is 14.7. The lowest BCUT2D eigenvalue weighted by Gasteiger charge is -2.04. The molecule has 0 aliphatic carbocycles. The molecule has 6 heteroatoms. The Morgan fingerprint density at radius 3 is 2.73 bits per heavy atom. The van der Waals surface area contributed by atoms with Crippen LogP contribution < -0.4 is 5.32 Å². The zero-order valence-corrected chi connectivity index (χ0v) is 17.2. The van der Waals surface area contributed by atoms with Gasteiger partial charge in [-0.15, -0.1) is 0 Å². The lowest BCUT2D eigenvalue weighted by atomic mass is 10.0. The molecule has 30 heavy (non-hydrogen) atoms. The highest BCUT2D eigenvalue weighted by Gasteiger charge is 2.13. The lowest BCUT2D eigenvalue weighted by molar-refractivity contribution is -0.111. The maximum absolute atomic E-state index is 12.2. The van der Waals surface area contributed by atoms with Crippen molar-refractivity contribution < 1.29 is 13.6 Å². The van der Waals surface area contributed by atoms with Crippen molar-refractivity contribution in [2.75, 3.05) is 5.32 Å². The van der Waals surface area contributed by atoms with Crippen LogP contribution in [0.5, 0.6) is 0 Å². The Hall–Kier alpha value is -3.64. The van der Waals surface area contributed by atoms with Gasteiger partial charge in [-0.25, -0.2) is 4.98 Å². The summed E-state index contributed by atoms with van der Waals surface area (Å²) in [5.74, 6) is 0.895. The number of hydrogen-bond acceptors (Lipinski definition) is 4. The zero-order chi connectivity index (χ0) is 20.5. The third-order valence-corrected chi connectivity index (χ3v) is 5.39. The molecule has 1 amide bonds. The first-order valence-electron chi connectivity index (χ1n) is 9.28. The molecule has 0 saturated heterocycles. The van der Waals surface area contributed by atoms with Gasteiger partial charge in [-0.05, 0) is 59.3 Å². The fourth-order valence-corrected chi connectivity index (χ4v) is 3.80. The van der Waals surface area contributed by atoms with Gasteiger partial charge in [0, 0.05) is 21.8 Å². The van der Waals surface area contributed by atoms with Gasteiger partial charge in [0.2, 0.25) is 11.8 Å². The molecule has 0 aliphatic heterocycles. The number of nitrogens with zero attached hydrogens (tertiary/aromatic N) is 1. The van der Waals surface area contributed by atoms with Crippen molar-refractivity contribution in [1.29, 1.82) is 0 Å². The van der Waals surface area contributed by atoms with Gasteiger partial charge in [0.15, 0.2) is 5.58 Å². The van der Waals surface area contributed by atoms with Gasteiger partial charge in [0.05, 0.1) is 6.26 Å². The Labute approximate surface area is 180 Å². The first-order valence-corrected chi connectivity index (χ1v) is 10.1. The van der Waals surface area contributed by atoms with E-state index in [2.05, 4.69) is 32.3 Å². The summed E-state index contributed by atoms with van der Waals surface area (Å²) in [4.78, 5) is 16.8. The van der Waals surface area contributed by atoms with Crippen LogP contribution in [0.1, 0.15) is 5.76 Å². The zero-order valence-electron chi connectivity index (χ0n) is 15.6. The topological polar surface area (TPSA) is 68.3 Å². The number of carbonyl (C=O) groups is 1. The van der Waals surface area contributed by atoms with Crippen LogP contribution in [0.2, 0.25) is 0 Å². The smallest absolute Gasteiger partial charge is 0.248 e. The van der Waals surface area contributed by atoms with Gasteiger partial charge >= 0.3 is 0 Å². The summed E-state index contributed by atoms with van der Waals surface area (Å²) in [6, 6.07) is 21.0. The number of rotatable bonds is 4. The molecule has 3 aromatic carbocycles. The Morgan fingerprint density at radius 1 is 1.00 bits per heavy atom. The van der Waals surface area contributed by atoms with Gasteiger partial charge in [-0.3, -0.25) is 4.79 Å². The van der Waals surface area contributed by atoms with Crippen molar-refractivity contribution in [2.24, 2.45) is 0 Å². The van der Waals surface area contributed by atoms with Crippen LogP contribution in [0.25, 0.3) is 39.4 Å². The van der Waals surface area contributed by atoms with E-state index < -0.39 is 0 Å². The molecular formula is C24H15BrN2O3. The van der Waals surface area contributed by atoms with Crippen LogP contribution in [0, 0.1) is 0 Å². The molecule has 1 N–H and O–H groups in total. The van der Waals surface area contributed by atoms with Crippen LogP contribution in [-0.2, 0) is 4.79 Å². The van der Waals surface area contributed by atoms with Gasteiger partial charge < -0.3 is 14.2 Å². The average molecular weight is 459 g/mol. The van der Waals surface area contributed by atoms with Crippen molar-refractivity contribution in [3.63, 3.8) is 0 Å². The van der Waals surface area contributed by atoms with Crippen molar-refractivity contribution in [3.8, 4) is 11.5 Å². The molecule has 0 atom stereocenters. The van der Waals surface area contributed by atoms with Crippen molar-refractivity contribution in [3.05, 3.63) is 89.3 Å². The van der Waals surface area contributed by atoms with E-state index in [0.29, 0.717) is 28.4 Å². The molecule has 0 unspecified atom stereocenters. The lowest BCUT2D eigenvalue weighted by Crippen LogP contribution is -2.07. The summed E-state index contributed by atoms with van der Waals surface area (Å²) >= 11 is 3.59. The number of furan rings is 1. The van der Waals surface area contributed by atoms with E-state index in [4.69, 9.17) is 8.83 Å². The molecule has 0 fully saturated rings. The summed E-state index contributed by atoms with van der Waals surface area (Å²) < 4.78 is 12.2. The molecule has 2 heterocycles. The van der Waals surface area contributed by atoms with E-state index in [9.17, 15) is 4.79 Å². The minimum absolute atomic E-state index is 0.256. The van der Waals surface area contributed by atoms with E-state index in [1.54, 1.807) is 42.7 Å². The van der Waals surface area contributed by atoms with Crippen LogP contribution in [0.15, 0.2) is 92.4 Å². The van der Waals surface area contributed by atoms with Gasteiger partial charge in [0.1, 0.15) is 11.3 Å². The minimum atomic E-state index is -0.256. The van der Waals surface area contributed by atoms with Crippen molar-refractivity contribution in [2.45, 2.75) is 0 Å². The molecule has 5 rings (SSSR count). The summed E-state index contributed by atoms with van der Waals surface area (Å²) in [5.41, 5.74) is 2.88. The highest BCUT2D eigenvalue weighted by atomic mass is 79.9. The molecule has 2 aromatic heterocycles. The molecule has 146 valence electrons. The molecule has 0 bridgehead atoms. The fraction of sp³-hybridized carbons (Fsp3) is 0. The molecule has 5 nitrogen and oxygen atoms in total. The second kappa shape index (κ2) is 7.65. The quantitative estimate of drug-likeness (QED) is 0.306. The average Bonchev–Trinajstić information content (AvgIpc) is 3.42. The van der Waals surface area contributed by atoms with Crippen molar-refractivity contribution in [1.82, 2.24) is 4.98 Å². The van der Waals surface area contributed by atoms with Crippen LogP contribution >= 0.6 is 15.9 Å². The SMILES string of the molecule is O=C(/C=C/c1ccco1)Nc1ccc2oc(-c3cccc4c(Br)cccc34)nc2c1. The summed E-state index contributed by atoms with van der Waals surface area (Å²) in [6.07, 6.45) is 4.59. The number of benzene rings is 3. The van der Waals surface area contributed by atoms with Crippen LogP contribution in [-0.4, -0.2) is 10.9 Å². The monoisotopic (exact) mass is 458 g/mol. The number of anilines is 1. The maximum atomic E-state index is 12.2. The third kappa shape index (κ3) is 3.53. The second-order valence-electron chi connectivity index (χ2n) is 6.68. The molecule has 5 aromatic rings. The third-order valence-electron chi connectivity index (χ3n) is 4.70. The predicted molar refractivity (Wildman–Crippen MR) is 121 cm³/mol. The predicted octanol–water partition coefficient (Wildman–Crippen LogP) is 6.66. The van der Waals surface area contributed by atoms with E-state index in [1.807, 2.05) is 30.3 Å². The van der Waals surface area contributed by atoms with Gasteiger partial charge in [0.25, 0.3) is 0 Å². The van der Waals surface area contributed by atoms with E-state index in [-0.39, 0.29) is 5.91 Å². The van der Waals surface area contributed by atoms with Crippen molar-refractivity contribution >= 4 is 55.5 Å².